The molecule has 0 spiro atoms. The molecule has 0 aromatic heterocycles. The van der Waals surface area contributed by atoms with Crippen LogP contribution in [0.1, 0.15) is 5.56 Å². The van der Waals surface area contributed by atoms with Crippen LogP contribution in [0.5, 0.6) is 5.75 Å². The molecule has 0 heterocycles. The third-order valence-electron chi connectivity index (χ3n) is 1.60. The van der Waals surface area contributed by atoms with E-state index in [0.717, 1.165) is 6.07 Å². The Bertz CT molecular complexity index is 368. The van der Waals surface area contributed by atoms with Gasteiger partial charge in [0, 0.05) is 5.88 Å². The van der Waals surface area contributed by atoms with Crippen LogP contribution in [-0.2, 0) is 5.88 Å². The summed E-state index contributed by atoms with van der Waals surface area (Å²) in [6.45, 7) is 0. The second-order valence-corrected chi connectivity index (χ2v) is 3.28. The summed E-state index contributed by atoms with van der Waals surface area (Å²) in [4.78, 5) is 0. The minimum atomic E-state index is -4.79. The van der Waals surface area contributed by atoms with Crippen molar-refractivity contribution < 1.29 is 17.9 Å². The van der Waals surface area contributed by atoms with E-state index in [1.165, 1.54) is 6.07 Å². The number of benzene rings is 1. The number of hydrogen-bond acceptors (Lipinski definition) is 2. The summed E-state index contributed by atoms with van der Waals surface area (Å²) >= 11 is 11.1. The van der Waals surface area contributed by atoms with E-state index in [1.54, 1.807) is 0 Å². The van der Waals surface area contributed by atoms with Gasteiger partial charge in [-0.25, -0.2) is 0 Å². The molecule has 0 saturated heterocycles. The molecular weight excluding hydrogens is 254 g/mol. The van der Waals surface area contributed by atoms with Gasteiger partial charge in [-0.05, 0) is 11.6 Å². The molecule has 0 aliphatic heterocycles. The van der Waals surface area contributed by atoms with Crippen LogP contribution in [0.3, 0.4) is 0 Å². The Morgan fingerprint density at radius 3 is 2.40 bits per heavy atom. The van der Waals surface area contributed by atoms with Gasteiger partial charge in [-0.1, -0.05) is 17.7 Å². The molecule has 1 aromatic rings. The fourth-order valence-corrected chi connectivity index (χ4v) is 1.39. The quantitative estimate of drug-likeness (QED) is 0.651. The lowest BCUT2D eigenvalue weighted by molar-refractivity contribution is -0.274. The van der Waals surface area contributed by atoms with Crippen molar-refractivity contribution in [2.45, 2.75) is 12.2 Å². The van der Waals surface area contributed by atoms with Gasteiger partial charge in [0.25, 0.3) is 0 Å². The van der Waals surface area contributed by atoms with Crippen molar-refractivity contribution in [1.29, 1.82) is 0 Å². The molecular formula is C8H6Cl2F3NO. The molecule has 0 unspecified atom stereocenters. The van der Waals surface area contributed by atoms with E-state index in [1.807, 2.05) is 0 Å². The Balaban J connectivity index is 3.07. The first-order chi connectivity index (χ1) is 6.85. The van der Waals surface area contributed by atoms with Gasteiger partial charge in [0.2, 0.25) is 0 Å². The van der Waals surface area contributed by atoms with Crippen molar-refractivity contribution in [3.8, 4) is 5.75 Å². The lowest BCUT2D eigenvalue weighted by Gasteiger charge is -2.12. The maximum absolute atomic E-state index is 11.9. The molecule has 0 atom stereocenters. The van der Waals surface area contributed by atoms with Gasteiger partial charge >= 0.3 is 6.36 Å². The third-order valence-corrected chi connectivity index (χ3v) is 2.28. The lowest BCUT2D eigenvalue weighted by atomic mass is 10.2. The predicted molar refractivity (Wildman–Crippen MR) is 52.1 cm³/mol. The van der Waals surface area contributed by atoms with Gasteiger partial charge < -0.3 is 10.5 Å². The molecule has 0 radical (unpaired) electrons. The van der Waals surface area contributed by atoms with Crippen LogP contribution in [0.2, 0.25) is 5.02 Å². The second kappa shape index (κ2) is 4.37. The zero-order valence-electron chi connectivity index (χ0n) is 7.24. The average molecular weight is 260 g/mol. The number of nitrogen functional groups attached to an aromatic ring is 1. The average Bonchev–Trinajstić information content (AvgIpc) is 2.11. The van der Waals surface area contributed by atoms with E-state index >= 15 is 0 Å². The highest BCUT2D eigenvalue weighted by Gasteiger charge is 2.32. The molecule has 15 heavy (non-hydrogen) atoms. The topological polar surface area (TPSA) is 35.2 Å². The first-order valence-corrected chi connectivity index (χ1v) is 4.65. The van der Waals surface area contributed by atoms with E-state index in [4.69, 9.17) is 28.9 Å². The highest BCUT2D eigenvalue weighted by atomic mass is 35.5. The first-order valence-electron chi connectivity index (χ1n) is 3.73. The van der Waals surface area contributed by atoms with Crippen molar-refractivity contribution in [1.82, 2.24) is 0 Å². The van der Waals surface area contributed by atoms with Gasteiger partial charge in [0.15, 0.2) is 0 Å². The number of halogens is 5. The summed E-state index contributed by atoms with van der Waals surface area (Å²) in [6.07, 6.45) is -4.79. The molecule has 0 fully saturated rings. The van der Waals surface area contributed by atoms with E-state index < -0.39 is 12.1 Å². The maximum atomic E-state index is 11.9. The number of anilines is 1. The van der Waals surface area contributed by atoms with Crippen molar-refractivity contribution in [3.63, 3.8) is 0 Å². The molecule has 7 heteroatoms. The molecule has 2 nitrogen and oxygen atoms in total. The van der Waals surface area contributed by atoms with Gasteiger partial charge in [0.05, 0.1) is 5.69 Å². The Kier molecular flexibility index (Phi) is 3.57. The highest BCUT2D eigenvalue weighted by Crippen LogP contribution is 2.36. The number of rotatable bonds is 2. The summed E-state index contributed by atoms with van der Waals surface area (Å²) < 4.78 is 39.3. The highest BCUT2D eigenvalue weighted by molar-refractivity contribution is 6.35. The minimum absolute atomic E-state index is 0.00610. The summed E-state index contributed by atoms with van der Waals surface area (Å²) in [5, 5.41) is -0.287. The zero-order valence-corrected chi connectivity index (χ0v) is 8.75. The van der Waals surface area contributed by atoms with Gasteiger partial charge in [-0.2, -0.15) is 0 Å². The Morgan fingerprint density at radius 2 is 1.93 bits per heavy atom. The zero-order chi connectivity index (χ0) is 11.6. The van der Waals surface area contributed by atoms with Crippen molar-refractivity contribution in [2.24, 2.45) is 0 Å². The summed E-state index contributed by atoms with van der Waals surface area (Å²) in [5.41, 5.74) is 5.90. The SMILES string of the molecule is Nc1c(CCl)ccc(OC(F)(F)F)c1Cl. The van der Waals surface area contributed by atoms with E-state index in [9.17, 15) is 13.2 Å². The number of ether oxygens (including phenoxy) is 1. The van der Waals surface area contributed by atoms with Gasteiger partial charge in [-0.3, -0.25) is 0 Å². The van der Waals surface area contributed by atoms with Crippen molar-refractivity contribution in [2.75, 3.05) is 5.73 Å². The normalized spacial score (nSPS) is 11.5. The smallest absolute Gasteiger partial charge is 0.404 e. The van der Waals surface area contributed by atoms with Crippen molar-refractivity contribution >= 4 is 28.9 Å². The van der Waals surface area contributed by atoms with Crippen LogP contribution in [-0.4, -0.2) is 6.36 Å². The maximum Gasteiger partial charge on any atom is 0.573 e. The van der Waals surface area contributed by atoms with Crippen LogP contribution >= 0.6 is 23.2 Å². The molecule has 0 saturated carbocycles. The molecule has 1 aromatic carbocycles. The minimum Gasteiger partial charge on any atom is -0.404 e. The Morgan fingerprint density at radius 1 is 1.33 bits per heavy atom. The van der Waals surface area contributed by atoms with Crippen LogP contribution in [0.25, 0.3) is 0 Å². The summed E-state index contributed by atoms with van der Waals surface area (Å²) in [5.74, 6) is -0.465. The van der Waals surface area contributed by atoms with Crippen LogP contribution < -0.4 is 10.5 Å². The second-order valence-electron chi connectivity index (χ2n) is 2.63. The number of alkyl halides is 4. The predicted octanol–water partition coefficient (Wildman–Crippen LogP) is 3.56. The molecule has 0 amide bonds. The van der Waals surface area contributed by atoms with Crippen LogP contribution in [0.15, 0.2) is 12.1 Å². The molecule has 0 aliphatic rings. The number of nitrogens with two attached hydrogens (primary N) is 1. The third kappa shape index (κ3) is 3.07. The fourth-order valence-electron chi connectivity index (χ4n) is 0.933. The van der Waals surface area contributed by atoms with E-state index in [-0.39, 0.29) is 16.6 Å². The summed E-state index contributed by atoms with van der Waals surface area (Å²) in [6, 6.07) is 2.40. The van der Waals surface area contributed by atoms with Crippen molar-refractivity contribution in [3.05, 3.63) is 22.7 Å². The molecule has 1 rings (SSSR count). The largest absolute Gasteiger partial charge is 0.573 e. The molecule has 2 N–H and O–H groups in total. The summed E-state index contributed by atoms with van der Waals surface area (Å²) in [7, 11) is 0. The van der Waals surface area contributed by atoms with Crippen LogP contribution in [0, 0.1) is 0 Å². The Labute approximate surface area is 93.7 Å². The Hall–Kier alpha value is -0.810. The molecule has 0 bridgehead atoms. The molecule has 0 aliphatic carbocycles. The number of hydrogen-bond donors (Lipinski definition) is 1. The van der Waals surface area contributed by atoms with Gasteiger partial charge in [0.1, 0.15) is 10.8 Å². The van der Waals surface area contributed by atoms with Crippen LogP contribution in [0.4, 0.5) is 18.9 Å². The van der Waals surface area contributed by atoms with Gasteiger partial charge in [-0.15, -0.1) is 24.8 Å². The lowest BCUT2D eigenvalue weighted by Crippen LogP contribution is -2.17. The molecule has 84 valence electrons. The van der Waals surface area contributed by atoms with E-state index in [2.05, 4.69) is 4.74 Å². The standard InChI is InChI=1S/C8H6Cl2F3NO/c9-3-4-1-2-5(6(10)7(4)14)15-8(11,12)13/h1-2H,3,14H2. The monoisotopic (exact) mass is 259 g/mol. The fraction of sp³-hybridized carbons (Fsp3) is 0.250. The first kappa shape index (κ1) is 12.3. The van der Waals surface area contributed by atoms with E-state index in [0.29, 0.717) is 5.56 Å².